The van der Waals surface area contributed by atoms with Crippen LogP contribution in [0.1, 0.15) is 10.4 Å². The minimum Gasteiger partial charge on any atom is -0.394 e. The van der Waals surface area contributed by atoms with E-state index in [4.69, 9.17) is 20.4 Å². The van der Waals surface area contributed by atoms with Crippen molar-refractivity contribution in [3.63, 3.8) is 0 Å². The smallest absolute Gasteiger partial charge is 0.266 e. The van der Waals surface area contributed by atoms with E-state index in [0.29, 0.717) is 0 Å². The van der Waals surface area contributed by atoms with E-state index in [-0.39, 0.29) is 10.5 Å². The van der Waals surface area contributed by atoms with Gasteiger partial charge >= 0.3 is 0 Å². The molecule has 4 unspecified atom stereocenters. The van der Waals surface area contributed by atoms with E-state index in [0.717, 1.165) is 0 Å². The molecule has 4 atom stereocenters. The highest BCUT2D eigenvalue weighted by atomic mass is 32.2. The lowest BCUT2D eigenvalue weighted by atomic mass is 10.1. The van der Waals surface area contributed by atoms with Crippen LogP contribution < -0.4 is 4.72 Å². The molecule has 0 saturated carbocycles. The van der Waals surface area contributed by atoms with Crippen molar-refractivity contribution in [2.24, 2.45) is 0 Å². The highest BCUT2D eigenvalue weighted by molar-refractivity contribution is 7.90. The van der Waals surface area contributed by atoms with E-state index >= 15 is 0 Å². The number of ether oxygens (including phenoxy) is 1. The predicted molar refractivity (Wildman–Crippen MR) is 71.1 cm³/mol. The van der Waals surface area contributed by atoms with Gasteiger partial charge in [-0.15, -0.1) is 0 Å². The summed E-state index contributed by atoms with van der Waals surface area (Å²) in [6.07, 6.45) is -4.76. The number of benzene rings is 1. The number of carbonyl (C=O) groups is 1. The van der Waals surface area contributed by atoms with Crippen LogP contribution in [-0.2, 0) is 14.8 Å². The van der Waals surface area contributed by atoms with E-state index in [9.17, 15) is 13.2 Å². The number of nitrogens with one attached hydrogen (secondary N) is 1. The van der Waals surface area contributed by atoms with Crippen molar-refractivity contribution in [2.75, 3.05) is 6.61 Å². The average Bonchev–Trinajstić information content (AvgIpc) is 2.88. The summed E-state index contributed by atoms with van der Waals surface area (Å²) in [6, 6.07) is 6.09. The van der Waals surface area contributed by atoms with Gasteiger partial charge in [-0.05, 0) is 12.1 Å². The van der Waals surface area contributed by atoms with Crippen LogP contribution in [0.15, 0.2) is 29.2 Å². The van der Waals surface area contributed by atoms with E-state index in [1.165, 1.54) is 12.1 Å². The first-order valence-electron chi connectivity index (χ1n) is 6.24. The van der Waals surface area contributed by atoms with Gasteiger partial charge in [-0.3, -0.25) is 4.79 Å². The van der Waals surface area contributed by atoms with E-state index in [2.05, 4.69) is 4.74 Å². The lowest BCUT2D eigenvalue weighted by Crippen LogP contribution is -2.33. The molecule has 1 amide bonds. The topological polar surface area (TPSA) is 153 Å². The monoisotopic (exact) mass is 333 g/mol. The van der Waals surface area contributed by atoms with Crippen LogP contribution in [0.3, 0.4) is 0 Å². The second-order valence-corrected chi connectivity index (χ2v) is 6.31. The zero-order valence-corrected chi connectivity index (χ0v) is 12.0. The molecule has 1 fully saturated rings. The molecule has 22 heavy (non-hydrogen) atoms. The fourth-order valence-electron chi connectivity index (χ4n) is 2.00. The molecule has 0 aliphatic carbocycles. The molecular weight excluding hydrogens is 318 g/mol. The number of aliphatic hydroxyl groups excluding tert-OH is 4. The maximum atomic E-state index is 11.1. The Kier molecular flexibility index (Phi) is 4.80. The quantitative estimate of drug-likeness (QED) is 0.379. The van der Waals surface area contributed by atoms with Crippen LogP contribution in [0.4, 0.5) is 0 Å². The van der Waals surface area contributed by atoms with Crippen molar-refractivity contribution in [3.8, 4) is 0 Å². The molecule has 0 spiro atoms. The first-order valence-corrected chi connectivity index (χ1v) is 7.73. The molecule has 2 heterocycles. The predicted octanol–water partition coefficient (Wildman–Crippen LogP) is -2.46. The summed E-state index contributed by atoms with van der Waals surface area (Å²) in [6.45, 7) is -0.407. The first-order chi connectivity index (χ1) is 10.3. The summed E-state index contributed by atoms with van der Waals surface area (Å²) in [5, 5.41) is 35.0. The lowest BCUT2D eigenvalue weighted by Gasteiger charge is -2.09. The summed E-state index contributed by atoms with van der Waals surface area (Å²) in [4.78, 5) is 11.1. The van der Waals surface area contributed by atoms with Crippen molar-refractivity contribution in [3.05, 3.63) is 29.8 Å². The number of amides is 1. The maximum absolute atomic E-state index is 11.1. The number of sulfonamides is 1. The molecule has 1 aromatic rings. The third kappa shape index (κ3) is 3.11. The maximum Gasteiger partial charge on any atom is 0.266 e. The zero-order valence-electron chi connectivity index (χ0n) is 11.2. The molecule has 10 heteroatoms. The Bertz CT molecular complexity index is 661. The van der Waals surface area contributed by atoms with Crippen molar-refractivity contribution < 1.29 is 38.4 Å². The van der Waals surface area contributed by atoms with E-state index < -0.39 is 47.1 Å². The van der Waals surface area contributed by atoms with E-state index in [1.807, 2.05) is 4.72 Å². The van der Waals surface area contributed by atoms with Gasteiger partial charge in [0.2, 0.25) is 0 Å². The zero-order chi connectivity index (χ0) is 16.5. The molecule has 0 bridgehead atoms. The highest BCUT2D eigenvalue weighted by Crippen LogP contribution is 2.21. The third-order valence-corrected chi connectivity index (χ3v) is 4.55. The number of aliphatic hydroxyl groups is 4. The SMILES string of the molecule is O=C1NS(=O)(=O)c2ccccc21.OCC1OC(O)C(O)C1O. The summed E-state index contributed by atoms with van der Waals surface area (Å²) in [5.74, 6) is -0.550. The Hall–Kier alpha value is -1.56. The first kappa shape index (κ1) is 16.8. The van der Waals surface area contributed by atoms with Crippen molar-refractivity contribution in [1.82, 2.24) is 4.72 Å². The van der Waals surface area contributed by atoms with Crippen molar-refractivity contribution >= 4 is 15.9 Å². The van der Waals surface area contributed by atoms with Crippen LogP contribution in [-0.4, -0.2) is 66.0 Å². The number of hydrogen-bond acceptors (Lipinski definition) is 8. The largest absolute Gasteiger partial charge is 0.394 e. The highest BCUT2D eigenvalue weighted by Gasteiger charge is 2.41. The summed E-state index contributed by atoms with van der Waals surface area (Å²) >= 11 is 0. The summed E-state index contributed by atoms with van der Waals surface area (Å²) < 4.78 is 28.7. The van der Waals surface area contributed by atoms with Crippen molar-refractivity contribution in [1.29, 1.82) is 0 Å². The average molecular weight is 333 g/mol. The normalized spacial score (nSPS) is 31.9. The Morgan fingerprint density at radius 2 is 1.77 bits per heavy atom. The Morgan fingerprint density at radius 3 is 2.23 bits per heavy atom. The molecular formula is C12H15NO8S. The Morgan fingerprint density at radius 1 is 1.14 bits per heavy atom. The fourth-order valence-corrected chi connectivity index (χ4v) is 3.17. The van der Waals surface area contributed by atoms with Gasteiger partial charge in [0.05, 0.1) is 12.2 Å². The second kappa shape index (κ2) is 6.28. The van der Waals surface area contributed by atoms with Crippen molar-refractivity contribution in [2.45, 2.75) is 29.5 Å². The van der Waals surface area contributed by atoms with Crippen LogP contribution in [0.25, 0.3) is 0 Å². The van der Waals surface area contributed by atoms with Gasteiger partial charge in [-0.25, -0.2) is 13.1 Å². The Balaban J connectivity index is 0.000000164. The van der Waals surface area contributed by atoms with Gasteiger partial charge in [0.1, 0.15) is 23.2 Å². The lowest BCUT2D eigenvalue weighted by molar-refractivity contribution is -0.132. The number of fused-ring (bicyclic) bond motifs is 1. The van der Waals surface area contributed by atoms with Crippen LogP contribution in [0.5, 0.6) is 0 Å². The molecule has 122 valence electrons. The van der Waals surface area contributed by atoms with Crippen LogP contribution in [0, 0.1) is 0 Å². The number of rotatable bonds is 1. The van der Waals surface area contributed by atoms with Gasteiger partial charge in [-0.1, -0.05) is 12.1 Å². The van der Waals surface area contributed by atoms with Crippen LogP contribution in [0.2, 0.25) is 0 Å². The Labute approximate surface area is 125 Å². The summed E-state index contributed by atoms with van der Waals surface area (Å²) in [5.41, 5.74) is 0.220. The minimum absolute atomic E-state index is 0.0648. The molecule has 3 rings (SSSR count). The molecule has 1 saturated heterocycles. The van der Waals surface area contributed by atoms with Gasteiger partial charge in [-0.2, -0.15) is 0 Å². The third-order valence-electron chi connectivity index (χ3n) is 3.17. The van der Waals surface area contributed by atoms with Gasteiger partial charge < -0.3 is 25.2 Å². The standard InChI is InChI=1S/C7H5NO3S.C5H10O5/c9-7-5-3-1-2-4-6(5)12(10,11)8-7;6-1-2-3(7)4(8)5(9)10-2/h1-4H,(H,8,9);2-9H,1H2. The molecule has 2 aliphatic rings. The number of hydrogen-bond donors (Lipinski definition) is 5. The molecule has 0 radical (unpaired) electrons. The fraction of sp³-hybridized carbons (Fsp3) is 0.417. The second-order valence-electron chi connectivity index (χ2n) is 4.66. The van der Waals surface area contributed by atoms with Crippen LogP contribution >= 0.6 is 0 Å². The molecule has 1 aromatic carbocycles. The summed E-state index contributed by atoms with van der Waals surface area (Å²) in [7, 11) is -3.55. The number of carbonyl (C=O) groups excluding carboxylic acids is 1. The molecule has 9 nitrogen and oxygen atoms in total. The van der Waals surface area contributed by atoms with Gasteiger partial charge in [0.25, 0.3) is 15.9 Å². The van der Waals surface area contributed by atoms with Gasteiger partial charge in [0, 0.05) is 0 Å². The minimum atomic E-state index is -3.55. The van der Waals surface area contributed by atoms with E-state index in [1.54, 1.807) is 12.1 Å². The van der Waals surface area contributed by atoms with Gasteiger partial charge in [0.15, 0.2) is 6.29 Å². The molecule has 0 aromatic heterocycles. The molecule has 5 N–H and O–H groups in total. The molecule has 2 aliphatic heterocycles.